The van der Waals surface area contributed by atoms with Crippen LogP contribution in [0.4, 0.5) is 11.4 Å². The van der Waals surface area contributed by atoms with E-state index in [1.807, 2.05) is 56.3 Å². The molecule has 1 heterocycles. The molecule has 0 unspecified atom stereocenters. The summed E-state index contributed by atoms with van der Waals surface area (Å²) >= 11 is 5.93. The van der Waals surface area contributed by atoms with Crippen LogP contribution in [-0.2, 0) is 0 Å². The summed E-state index contributed by atoms with van der Waals surface area (Å²) in [5.74, 6) is -0.301. The van der Waals surface area contributed by atoms with Crippen molar-refractivity contribution in [2.45, 2.75) is 13.8 Å². The molecule has 0 spiro atoms. The zero-order valence-corrected chi connectivity index (χ0v) is 16.8. The van der Waals surface area contributed by atoms with E-state index in [1.165, 1.54) is 5.56 Å². The topological polar surface area (TPSA) is 54.6 Å². The van der Waals surface area contributed by atoms with E-state index in [1.54, 1.807) is 30.3 Å². The van der Waals surface area contributed by atoms with Crippen LogP contribution in [-0.4, -0.2) is 5.91 Å². The first kappa shape index (κ1) is 19.0. The number of carbonyl (C=O) groups is 1. The standard InChI is InChI=1S/C24H19ClN2O2/c1-15-7-10-20(13-16(15)2)27-24-21(14-17-5-3-4-6-22(17)29-24)23(28)26-19-11-8-18(25)9-12-19/h3-14H,1-2H3,(H,26,28). The maximum Gasteiger partial charge on any atom is 0.261 e. The number of anilines is 1. The molecule has 4 rings (SSSR count). The number of rotatable bonds is 3. The van der Waals surface area contributed by atoms with Gasteiger partial charge in [-0.1, -0.05) is 35.9 Å². The number of carbonyl (C=O) groups excluding carboxylic acids is 1. The van der Waals surface area contributed by atoms with Gasteiger partial charge in [-0.25, -0.2) is 4.99 Å². The van der Waals surface area contributed by atoms with Crippen LogP contribution in [0.15, 0.2) is 82.2 Å². The largest absolute Gasteiger partial charge is 0.438 e. The van der Waals surface area contributed by atoms with Crippen LogP contribution < -0.4 is 10.9 Å². The van der Waals surface area contributed by atoms with Crippen molar-refractivity contribution in [2.75, 3.05) is 5.32 Å². The predicted molar refractivity (Wildman–Crippen MR) is 117 cm³/mol. The number of halogens is 1. The van der Waals surface area contributed by atoms with Crippen LogP contribution in [0.5, 0.6) is 0 Å². The number of aryl methyl sites for hydroxylation is 2. The summed E-state index contributed by atoms with van der Waals surface area (Å²) in [6.07, 6.45) is 0. The number of fused-ring (bicyclic) bond motifs is 1. The van der Waals surface area contributed by atoms with Crippen molar-refractivity contribution in [3.8, 4) is 0 Å². The molecule has 0 radical (unpaired) electrons. The van der Waals surface area contributed by atoms with Crippen LogP contribution in [0, 0.1) is 13.8 Å². The lowest BCUT2D eigenvalue weighted by atomic mass is 10.1. The summed E-state index contributed by atoms with van der Waals surface area (Å²) in [6, 6.07) is 22.2. The highest BCUT2D eigenvalue weighted by Gasteiger charge is 2.13. The molecule has 4 aromatic rings. The molecule has 0 aliphatic heterocycles. The van der Waals surface area contributed by atoms with Gasteiger partial charge in [0.2, 0.25) is 5.55 Å². The maximum absolute atomic E-state index is 13.0. The van der Waals surface area contributed by atoms with Crippen molar-refractivity contribution in [3.05, 3.63) is 100 Å². The second-order valence-corrected chi connectivity index (χ2v) is 7.28. The molecule has 1 aromatic heterocycles. The van der Waals surface area contributed by atoms with Crippen molar-refractivity contribution in [2.24, 2.45) is 4.99 Å². The highest BCUT2D eigenvalue weighted by atomic mass is 35.5. The first-order valence-electron chi connectivity index (χ1n) is 9.21. The Morgan fingerprint density at radius 2 is 1.69 bits per heavy atom. The minimum Gasteiger partial charge on any atom is -0.438 e. The molecule has 0 bridgehead atoms. The lowest BCUT2D eigenvalue weighted by Crippen LogP contribution is -2.21. The average Bonchev–Trinajstić information content (AvgIpc) is 2.72. The lowest BCUT2D eigenvalue weighted by molar-refractivity contribution is 0.102. The van der Waals surface area contributed by atoms with Gasteiger partial charge in [-0.2, -0.15) is 0 Å². The Kier molecular flexibility index (Phi) is 5.19. The highest BCUT2D eigenvalue weighted by molar-refractivity contribution is 6.30. The second kappa shape index (κ2) is 7.94. The predicted octanol–water partition coefficient (Wildman–Crippen LogP) is 6.19. The fourth-order valence-electron chi connectivity index (χ4n) is 2.96. The molecular weight excluding hydrogens is 384 g/mol. The van der Waals surface area contributed by atoms with Gasteiger partial charge in [-0.15, -0.1) is 0 Å². The third kappa shape index (κ3) is 4.23. The van der Waals surface area contributed by atoms with Gasteiger partial charge < -0.3 is 9.73 Å². The third-order valence-electron chi connectivity index (χ3n) is 4.72. The average molecular weight is 403 g/mol. The number of benzene rings is 3. The Morgan fingerprint density at radius 1 is 0.931 bits per heavy atom. The molecular formula is C24H19ClN2O2. The summed E-state index contributed by atoms with van der Waals surface area (Å²) in [5.41, 5.74) is 4.96. The van der Waals surface area contributed by atoms with Crippen molar-refractivity contribution < 1.29 is 9.21 Å². The zero-order chi connectivity index (χ0) is 20.4. The summed E-state index contributed by atoms with van der Waals surface area (Å²) in [6.45, 7) is 4.07. The summed E-state index contributed by atoms with van der Waals surface area (Å²) in [5, 5.41) is 4.31. The minimum absolute atomic E-state index is 0.262. The molecule has 5 heteroatoms. The van der Waals surface area contributed by atoms with Crippen LogP contribution in [0.1, 0.15) is 21.5 Å². The summed E-state index contributed by atoms with van der Waals surface area (Å²) in [7, 11) is 0. The Morgan fingerprint density at radius 3 is 2.45 bits per heavy atom. The number of hydrogen-bond acceptors (Lipinski definition) is 3. The van der Waals surface area contributed by atoms with E-state index in [0.29, 0.717) is 21.9 Å². The van der Waals surface area contributed by atoms with E-state index in [9.17, 15) is 4.79 Å². The molecule has 3 aromatic carbocycles. The van der Waals surface area contributed by atoms with E-state index in [-0.39, 0.29) is 11.5 Å². The van der Waals surface area contributed by atoms with E-state index < -0.39 is 0 Å². The number of hydrogen-bond donors (Lipinski definition) is 1. The van der Waals surface area contributed by atoms with Crippen LogP contribution >= 0.6 is 11.6 Å². The van der Waals surface area contributed by atoms with Crippen LogP contribution in [0.3, 0.4) is 0 Å². The van der Waals surface area contributed by atoms with Gasteiger partial charge >= 0.3 is 0 Å². The Labute approximate surface area is 173 Å². The molecule has 0 aliphatic rings. The number of nitrogens with one attached hydrogen (secondary N) is 1. The Balaban J connectivity index is 1.83. The van der Waals surface area contributed by atoms with E-state index in [2.05, 4.69) is 10.3 Å². The zero-order valence-electron chi connectivity index (χ0n) is 16.1. The highest BCUT2D eigenvalue weighted by Crippen LogP contribution is 2.19. The Hall–Kier alpha value is -3.37. The number of nitrogens with zero attached hydrogens (tertiary/aromatic N) is 1. The van der Waals surface area contributed by atoms with Crippen molar-refractivity contribution >= 4 is 39.9 Å². The monoisotopic (exact) mass is 402 g/mol. The van der Waals surface area contributed by atoms with Gasteiger partial charge in [-0.3, -0.25) is 4.79 Å². The summed E-state index contributed by atoms with van der Waals surface area (Å²) in [4.78, 5) is 17.6. The fourth-order valence-corrected chi connectivity index (χ4v) is 3.08. The van der Waals surface area contributed by atoms with Gasteiger partial charge in [0, 0.05) is 16.1 Å². The van der Waals surface area contributed by atoms with Gasteiger partial charge in [0.25, 0.3) is 5.91 Å². The number of amides is 1. The molecule has 0 fully saturated rings. The normalized spacial score (nSPS) is 11.6. The van der Waals surface area contributed by atoms with Crippen LogP contribution in [0.25, 0.3) is 11.0 Å². The molecule has 0 saturated heterocycles. The first-order valence-corrected chi connectivity index (χ1v) is 9.59. The Bertz CT molecular complexity index is 1270. The van der Waals surface area contributed by atoms with Crippen molar-refractivity contribution in [1.29, 1.82) is 0 Å². The van der Waals surface area contributed by atoms with Crippen molar-refractivity contribution in [1.82, 2.24) is 0 Å². The quantitative estimate of drug-likeness (QED) is 0.444. The molecule has 1 amide bonds. The second-order valence-electron chi connectivity index (χ2n) is 6.84. The molecule has 4 nitrogen and oxygen atoms in total. The molecule has 1 N–H and O–H groups in total. The van der Waals surface area contributed by atoms with Gasteiger partial charge in [0.05, 0.1) is 5.69 Å². The SMILES string of the molecule is Cc1ccc(N=c2oc3ccccc3cc2C(=O)Nc2ccc(Cl)cc2)cc1C. The summed E-state index contributed by atoms with van der Waals surface area (Å²) < 4.78 is 6.00. The molecule has 0 atom stereocenters. The van der Waals surface area contributed by atoms with E-state index in [0.717, 1.165) is 16.6 Å². The molecule has 144 valence electrons. The molecule has 0 aliphatic carbocycles. The fraction of sp³-hybridized carbons (Fsp3) is 0.0833. The van der Waals surface area contributed by atoms with Crippen molar-refractivity contribution in [3.63, 3.8) is 0 Å². The van der Waals surface area contributed by atoms with Crippen LogP contribution in [0.2, 0.25) is 5.02 Å². The minimum atomic E-state index is -0.301. The van der Waals surface area contributed by atoms with Gasteiger partial charge in [0.15, 0.2) is 0 Å². The molecule has 0 saturated carbocycles. The maximum atomic E-state index is 13.0. The molecule has 29 heavy (non-hydrogen) atoms. The van der Waals surface area contributed by atoms with Gasteiger partial charge in [-0.05, 0) is 73.5 Å². The third-order valence-corrected chi connectivity index (χ3v) is 4.98. The smallest absolute Gasteiger partial charge is 0.261 e. The first-order chi connectivity index (χ1) is 14.0. The van der Waals surface area contributed by atoms with E-state index in [4.69, 9.17) is 16.0 Å². The van der Waals surface area contributed by atoms with Gasteiger partial charge in [0.1, 0.15) is 11.1 Å². The number of para-hydroxylation sites is 1. The lowest BCUT2D eigenvalue weighted by Gasteiger charge is -2.07. The van der Waals surface area contributed by atoms with E-state index >= 15 is 0 Å².